The Balaban J connectivity index is 2.25. The first-order valence-corrected chi connectivity index (χ1v) is 6.82. The van der Waals surface area contributed by atoms with E-state index in [1.807, 2.05) is 31.2 Å². The number of carbonyl (C=O) groups excluding carboxylic acids is 1. The molecule has 1 aromatic heterocycles. The number of carbonyl (C=O) groups is 1. The van der Waals surface area contributed by atoms with E-state index in [4.69, 9.17) is 9.47 Å². The summed E-state index contributed by atoms with van der Waals surface area (Å²) in [7, 11) is 0. The van der Waals surface area contributed by atoms with E-state index in [2.05, 4.69) is 5.10 Å². The first kappa shape index (κ1) is 14.9. The number of allylic oxidation sites excluding steroid dienone is 5. The second-order valence-electron chi connectivity index (χ2n) is 4.29. The number of aromatic nitrogens is 2. The van der Waals surface area contributed by atoms with Gasteiger partial charge in [0, 0.05) is 12.1 Å². The number of nitrogens with zero attached hydrogens (tertiary/aromatic N) is 2. The van der Waals surface area contributed by atoms with Crippen LogP contribution in [0.3, 0.4) is 0 Å². The molecule has 0 bridgehead atoms. The summed E-state index contributed by atoms with van der Waals surface area (Å²) in [6.45, 7) is 4.44. The Labute approximate surface area is 123 Å². The smallest absolute Gasteiger partial charge is 0.362 e. The van der Waals surface area contributed by atoms with Gasteiger partial charge in [0.15, 0.2) is 5.75 Å². The van der Waals surface area contributed by atoms with Crippen LogP contribution in [0.4, 0.5) is 0 Å². The van der Waals surface area contributed by atoms with Crippen LogP contribution in [0.5, 0.6) is 5.75 Å². The van der Waals surface area contributed by atoms with Crippen molar-refractivity contribution in [3.8, 4) is 5.75 Å². The van der Waals surface area contributed by atoms with Crippen molar-refractivity contribution >= 4 is 11.7 Å². The molecular weight excluding hydrogens is 272 g/mol. The third-order valence-electron chi connectivity index (χ3n) is 2.82. The standard InChI is InChI=1S/C15H18N2O4/c1-3-20-12-7-5-6-11(8-9-12)17-10-13(18)14(16-17)15(19)21-4-2/h5,7-10,18H,3-4,6H2,1-2H3. The van der Waals surface area contributed by atoms with E-state index in [1.165, 1.54) is 10.9 Å². The maximum Gasteiger partial charge on any atom is 0.362 e. The van der Waals surface area contributed by atoms with Gasteiger partial charge in [0.05, 0.1) is 19.4 Å². The Bertz CT molecular complexity index is 611. The van der Waals surface area contributed by atoms with Crippen LogP contribution in [0.2, 0.25) is 0 Å². The third kappa shape index (κ3) is 3.53. The molecule has 1 N–H and O–H groups in total. The lowest BCUT2D eigenvalue weighted by molar-refractivity contribution is 0.0515. The van der Waals surface area contributed by atoms with Crippen LogP contribution >= 0.6 is 0 Å². The van der Waals surface area contributed by atoms with Gasteiger partial charge >= 0.3 is 5.97 Å². The summed E-state index contributed by atoms with van der Waals surface area (Å²) in [4.78, 5) is 11.6. The van der Waals surface area contributed by atoms with Crippen LogP contribution in [-0.4, -0.2) is 34.1 Å². The zero-order chi connectivity index (χ0) is 15.2. The van der Waals surface area contributed by atoms with Gasteiger partial charge in [-0.1, -0.05) is 6.08 Å². The largest absolute Gasteiger partial charge is 0.504 e. The molecule has 21 heavy (non-hydrogen) atoms. The molecule has 2 rings (SSSR count). The molecule has 0 unspecified atom stereocenters. The molecule has 1 heterocycles. The summed E-state index contributed by atoms with van der Waals surface area (Å²) in [5, 5.41) is 13.9. The highest BCUT2D eigenvalue weighted by molar-refractivity contribution is 5.90. The van der Waals surface area contributed by atoms with Crippen molar-refractivity contribution in [1.82, 2.24) is 9.78 Å². The van der Waals surface area contributed by atoms with Crippen molar-refractivity contribution in [2.75, 3.05) is 13.2 Å². The van der Waals surface area contributed by atoms with Crippen LogP contribution in [0, 0.1) is 0 Å². The van der Waals surface area contributed by atoms with Crippen LogP contribution in [-0.2, 0) is 9.47 Å². The second kappa shape index (κ2) is 6.78. The maximum absolute atomic E-state index is 11.6. The molecule has 1 aromatic rings. The van der Waals surface area contributed by atoms with Crippen LogP contribution in [0.25, 0.3) is 5.70 Å². The quantitative estimate of drug-likeness (QED) is 0.843. The van der Waals surface area contributed by atoms with Crippen molar-refractivity contribution in [3.05, 3.63) is 42.0 Å². The number of aromatic hydroxyl groups is 1. The number of hydrogen-bond donors (Lipinski definition) is 1. The number of rotatable bonds is 5. The van der Waals surface area contributed by atoms with Crippen molar-refractivity contribution < 1.29 is 19.4 Å². The molecular formula is C15H18N2O4. The van der Waals surface area contributed by atoms with E-state index in [0.717, 1.165) is 11.5 Å². The Kier molecular flexibility index (Phi) is 4.81. The Morgan fingerprint density at radius 2 is 2.19 bits per heavy atom. The van der Waals surface area contributed by atoms with Gasteiger partial charge in [-0.05, 0) is 32.1 Å². The number of hydrogen-bond acceptors (Lipinski definition) is 5. The van der Waals surface area contributed by atoms with E-state index in [0.29, 0.717) is 13.0 Å². The summed E-state index contributed by atoms with van der Waals surface area (Å²) in [6.07, 6.45) is 9.48. The highest BCUT2D eigenvalue weighted by Gasteiger charge is 2.18. The predicted molar refractivity (Wildman–Crippen MR) is 77.6 cm³/mol. The molecule has 1 aliphatic rings. The Hall–Kier alpha value is -2.50. The average Bonchev–Trinajstić information content (AvgIpc) is 2.69. The lowest BCUT2D eigenvalue weighted by Crippen LogP contribution is -2.07. The van der Waals surface area contributed by atoms with Gasteiger partial charge in [0.2, 0.25) is 5.69 Å². The second-order valence-corrected chi connectivity index (χ2v) is 4.29. The van der Waals surface area contributed by atoms with E-state index < -0.39 is 5.97 Å². The molecule has 6 heteroatoms. The highest BCUT2D eigenvalue weighted by Crippen LogP contribution is 2.22. The molecule has 0 aliphatic heterocycles. The molecule has 0 radical (unpaired) electrons. The molecule has 1 aliphatic carbocycles. The van der Waals surface area contributed by atoms with Crippen molar-refractivity contribution in [2.24, 2.45) is 0 Å². The van der Waals surface area contributed by atoms with Gasteiger partial charge in [-0.25, -0.2) is 9.48 Å². The normalized spacial score (nSPS) is 14.2. The Morgan fingerprint density at radius 3 is 2.90 bits per heavy atom. The first-order chi connectivity index (χ1) is 10.2. The van der Waals surface area contributed by atoms with E-state index in [9.17, 15) is 9.90 Å². The van der Waals surface area contributed by atoms with Gasteiger partial charge in [0.25, 0.3) is 0 Å². The van der Waals surface area contributed by atoms with Crippen LogP contribution < -0.4 is 0 Å². The lowest BCUT2D eigenvalue weighted by atomic mass is 10.3. The van der Waals surface area contributed by atoms with Gasteiger partial charge < -0.3 is 14.6 Å². The monoisotopic (exact) mass is 290 g/mol. The van der Waals surface area contributed by atoms with Crippen LogP contribution in [0.15, 0.2) is 36.3 Å². The molecule has 0 aromatic carbocycles. The van der Waals surface area contributed by atoms with Gasteiger partial charge in [0.1, 0.15) is 5.76 Å². The van der Waals surface area contributed by atoms with Crippen molar-refractivity contribution in [2.45, 2.75) is 20.3 Å². The van der Waals surface area contributed by atoms with Crippen LogP contribution in [0.1, 0.15) is 30.8 Å². The fourth-order valence-corrected chi connectivity index (χ4v) is 1.89. The molecule has 6 nitrogen and oxygen atoms in total. The minimum absolute atomic E-state index is 0.0833. The summed E-state index contributed by atoms with van der Waals surface area (Å²) in [5.41, 5.74) is 0.729. The van der Waals surface area contributed by atoms with Gasteiger partial charge in [-0.2, -0.15) is 5.10 Å². The zero-order valence-electron chi connectivity index (χ0n) is 12.1. The SMILES string of the molecule is CCOC(=O)c1nn(C2=CC=C(OCC)C=CC2)cc1O. The average molecular weight is 290 g/mol. The number of ether oxygens (including phenoxy) is 2. The number of esters is 1. The van der Waals surface area contributed by atoms with Gasteiger partial charge in [-0.3, -0.25) is 0 Å². The van der Waals surface area contributed by atoms with Gasteiger partial charge in [-0.15, -0.1) is 0 Å². The molecule has 0 amide bonds. The summed E-state index contributed by atoms with van der Waals surface area (Å²) in [5.74, 6) is -0.0739. The fourth-order valence-electron chi connectivity index (χ4n) is 1.89. The topological polar surface area (TPSA) is 73.6 Å². The molecule has 0 saturated carbocycles. The van der Waals surface area contributed by atoms with E-state index in [-0.39, 0.29) is 18.1 Å². The zero-order valence-corrected chi connectivity index (χ0v) is 12.1. The third-order valence-corrected chi connectivity index (χ3v) is 2.82. The Morgan fingerprint density at radius 1 is 1.38 bits per heavy atom. The maximum atomic E-state index is 11.6. The summed E-state index contributed by atoms with van der Waals surface area (Å²) in [6, 6.07) is 0. The minimum atomic E-state index is -0.635. The first-order valence-electron chi connectivity index (χ1n) is 6.82. The van der Waals surface area contributed by atoms with E-state index in [1.54, 1.807) is 6.92 Å². The summed E-state index contributed by atoms with van der Waals surface area (Å²) >= 11 is 0. The summed E-state index contributed by atoms with van der Waals surface area (Å²) < 4.78 is 11.7. The van der Waals surface area contributed by atoms with Crippen molar-refractivity contribution in [1.29, 1.82) is 0 Å². The van der Waals surface area contributed by atoms with E-state index >= 15 is 0 Å². The minimum Gasteiger partial charge on any atom is -0.504 e. The predicted octanol–water partition coefficient (Wildman–Crippen LogP) is 2.49. The fraction of sp³-hybridized carbons (Fsp3) is 0.333. The molecule has 112 valence electrons. The molecule has 0 fully saturated rings. The molecule has 0 saturated heterocycles. The lowest BCUT2D eigenvalue weighted by Gasteiger charge is -2.02. The van der Waals surface area contributed by atoms with Crippen molar-refractivity contribution in [3.63, 3.8) is 0 Å². The molecule has 0 spiro atoms. The molecule has 0 atom stereocenters. The highest BCUT2D eigenvalue weighted by atomic mass is 16.5.